The molecule has 3 nitrogen and oxygen atoms in total. The Labute approximate surface area is 78.6 Å². The number of hydrogen-bond donors (Lipinski definition) is 1. The van der Waals surface area contributed by atoms with Crippen molar-refractivity contribution < 1.29 is 9.53 Å². The molecule has 12 heavy (non-hydrogen) atoms. The fourth-order valence-corrected chi connectivity index (χ4v) is 1.46. The van der Waals surface area contributed by atoms with Gasteiger partial charge in [-0.2, -0.15) is 0 Å². The number of aryl methyl sites for hydroxylation is 1. The minimum Gasteiger partial charge on any atom is -0.410 e. The fourth-order valence-electron chi connectivity index (χ4n) is 0.878. The van der Waals surface area contributed by atoms with Crippen molar-refractivity contribution in [2.75, 3.05) is 0 Å². The lowest BCUT2D eigenvalue weighted by Crippen LogP contribution is -2.16. The number of carbonyl (C=O) groups excluding carboxylic acids is 1. The van der Waals surface area contributed by atoms with Gasteiger partial charge in [-0.25, -0.2) is 4.79 Å². The summed E-state index contributed by atoms with van der Waals surface area (Å²) in [6.45, 7) is 1.90. The molecule has 0 aliphatic rings. The van der Waals surface area contributed by atoms with E-state index in [1.54, 1.807) is 12.1 Å². The van der Waals surface area contributed by atoms with E-state index in [-0.39, 0.29) is 0 Å². The number of hydrogen-bond acceptors (Lipinski definition) is 2. The SMILES string of the molecule is Cc1cc(Br)cc(OC(N)=O)c1. The van der Waals surface area contributed by atoms with Crippen molar-refractivity contribution in [3.05, 3.63) is 28.2 Å². The summed E-state index contributed by atoms with van der Waals surface area (Å²) in [5.74, 6) is 0.453. The third-order valence-corrected chi connectivity index (χ3v) is 1.69. The molecule has 0 spiro atoms. The molecule has 0 radical (unpaired) electrons. The van der Waals surface area contributed by atoms with Crippen LogP contribution in [0.1, 0.15) is 5.56 Å². The Morgan fingerprint density at radius 1 is 1.50 bits per heavy atom. The van der Waals surface area contributed by atoms with Crippen LogP contribution in [0.25, 0.3) is 0 Å². The highest BCUT2D eigenvalue weighted by atomic mass is 79.9. The second-order valence-corrected chi connectivity index (χ2v) is 3.30. The van der Waals surface area contributed by atoms with Crippen molar-refractivity contribution in [1.82, 2.24) is 0 Å². The van der Waals surface area contributed by atoms with Gasteiger partial charge in [0.25, 0.3) is 0 Å². The van der Waals surface area contributed by atoms with Gasteiger partial charge in [0.1, 0.15) is 5.75 Å². The van der Waals surface area contributed by atoms with Crippen molar-refractivity contribution in [3.8, 4) is 5.75 Å². The predicted octanol–water partition coefficient (Wildman–Crippen LogP) is 2.22. The first kappa shape index (κ1) is 9.06. The molecule has 1 aromatic carbocycles. The van der Waals surface area contributed by atoms with E-state index in [2.05, 4.69) is 20.7 Å². The molecule has 0 saturated carbocycles. The highest BCUT2D eigenvalue weighted by Crippen LogP contribution is 2.20. The molecular weight excluding hydrogens is 222 g/mol. The molecule has 2 N–H and O–H groups in total. The first-order valence-electron chi connectivity index (χ1n) is 3.32. The molecular formula is C8H8BrNO2. The largest absolute Gasteiger partial charge is 0.410 e. The van der Waals surface area contributed by atoms with E-state index in [1.165, 1.54) is 0 Å². The maximum Gasteiger partial charge on any atom is 0.409 e. The van der Waals surface area contributed by atoms with Gasteiger partial charge in [-0.05, 0) is 30.7 Å². The van der Waals surface area contributed by atoms with Crippen molar-refractivity contribution >= 4 is 22.0 Å². The second kappa shape index (κ2) is 3.58. The Morgan fingerprint density at radius 3 is 2.67 bits per heavy atom. The Kier molecular flexibility index (Phi) is 2.70. The van der Waals surface area contributed by atoms with Crippen LogP contribution in [0.2, 0.25) is 0 Å². The number of nitrogens with two attached hydrogens (primary N) is 1. The van der Waals surface area contributed by atoms with Gasteiger partial charge >= 0.3 is 6.09 Å². The van der Waals surface area contributed by atoms with Crippen molar-refractivity contribution in [2.45, 2.75) is 6.92 Å². The molecule has 0 fully saturated rings. The number of benzene rings is 1. The molecule has 1 aromatic rings. The average Bonchev–Trinajstić information content (AvgIpc) is 1.81. The number of amides is 1. The van der Waals surface area contributed by atoms with E-state index < -0.39 is 6.09 Å². The molecule has 0 unspecified atom stereocenters. The highest BCUT2D eigenvalue weighted by Gasteiger charge is 2.00. The molecule has 0 aliphatic heterocycles. The lowest BCUT2D eigenvalue weighted by Gasteiger charge is -2.02. The zero-order chi connectivity index (χ0) is 9.14. The predicted molar refractivity (Wildman–Crippen MR) is 49.1 cm³/mol. The lowest BCUT2D eigenvalue weighted by atomic mass is 10.2. The summed E-state index contributed by atoms with van der Waals surface area (Å²) in [7, 11) is 0. The maximum atomic E-state index is 10.4. The molecule has 0 saturated heterocycles. The number of rotatable bonds is 1. The molecule has 0 aromatic heterocycles. The molecule has 4 heteroatoms. The zero-order valence-electron chi connectivity index (χ0n) is 6.50. The molecule has 1 rings (SSSR count). The van der Waals surface area contributed by atoms with Gasteiger partial charge in [0.2, 0.25) is 0 Å². The summed E-state index contributed by atoms with van der Waals surface area (Å²) in [4.78, 5) is 10.4. The number of ether oxygens (including phenoxy) is 1. The fraction of sp³-hybridized carbons (Fsp3) is 0.125. The van der Waals surface area contributed by atoms with Gasteiger partial charge in [0, 0.05) is 4.47 Å². The van der Waals surface area contributed by atoms with Crippen LogP contribution in [0.5, 0.6) is 5.75 Å². The number of primary amides is 1. The summed E-state index contributed by atoms with van der Waals surface area (Å²) < 4.78 is 5.54. The zero-order valence-corrected chi connectivity index (χ0v) is 8.09. The third kappa shape index (κ3) is 2.54. The number of halogens is 1. The van der Waals surface area contributed by atoms with Crippen LogP contribution in [0.4, 0.5) is 4.79 Å². The van der Waals surface area contributed by atoms with E-state index in [9.17, 15) is 4.79 Å². The van der Waals surface area contributed by atoms with E-state index in [4.69, 9.17) is 5.73 Å². The van der Waals surface area contributed by atoms with Crippen LogP contribution in [0.3, 0.4) is 0 Å². The lowest BCUT2D eigenvalue weighted by molar-refractivity contribution is 0.211. The normalized spacial score (nSPS) is 9.50. The summed E-state index contributed by atoms with van der Waals surface area (Å²) in [5.41, 5.74) is 5.85. The first-order chi connectivity index (χ1) is 5.58. The first-order valence-corrected chi connectivity index (χ1v) is 4.12. The van der Waals surface area contributed by atoms with Crippen molar-refractivity contribution in [1.29, 1.82) is 0 Å². The van der Waals surface area contributed by atoms with Gasteiger partial charge < -0.3 is 10.5 Å². The summed E-state index contributed by atoms with van der Waals surface area (Å²) in [6, 6.07) is 5.32. The summed E-state index contributed by atoms with van der Waals surface area (Å²) in [5, 5.41) is 0. The van der Waals surface area contributed by atoms with E-state index >= 15 is 0 Å². The van der Waals surface area contributed by atoms with Crippen LogP contribution in [-0.2, 0) is 0 Å². The van der Waals surface area contributed by atoms with Gasteiger partial charge in [-0.1, -0.05) is 15.9 Å². The van der Waals surface area contributed by atoms with E-state index in [1.807, 2.05) is 13.0 Å². The Morgan fingerprint density at radius 2 is 2.17 bits per heavy atom. The Balaban J connectivity index is 2.93. The molecule has 0 bridgehead atoms. The third-order valence-electron chi connectivity index (χ3n) is 1.23. The van der Waals surface area contributed by atoms with Gasteiger partial charge in [0.15, 0.2) is 0 Å². The van der Waals surface area contributed by atoms with Gasteiger partial charge in [-0.15, -0.1) is 0 Å². The smallest absolute Gasteiger partial charge is 0.409 e. The van der Waals surface area contributed by atoms with Crippen molar-refractivity contribution in [2.24, 2.45) is 5.73 Å². The van der Waals surface area contributed by atoms with Crippen molar-refractivity contribution in [3.63, 3.8) is 0 Å². The highest BCUT2D eigenvalue weighted by molar-refractivity contribution is 9.10. The quantitative estimate of drug-likeness (QED) is 0.803. The summed E-state index contributed by atoms with van der Waals surface area (Å²) in [6.07, 6.45) is -0.799. The monoisotopic (exact) mass is 229 g/mol. The van der Waals surface area contributed by atoms with Crippen LogP contribution < -0.4 is 10.5 Å². The standard InChI is InChI=1S/C8H8BrNO2/c1-5-2-6(9)4-7(3-5)12-8(10)11/h2-4H,1H3,(H2,10,11). The van der Waals surface area contributed by atoms with Crippen LogP contribution >= 0.6 is 15.9 Å². The van der Waals surface area contributed by atoms with E-state index in [0.717, 1.165) is 10.0 Å². The molecule has 0 heterocycles. The van der Waals surface area contributed by atoms with Crippen LogP contribution in [0.15, 0.2) is 22.7 Å². The Bertz CT molecular complexity index is 292. The average molecular weight is 230 g/mol. The van der Waals surface area contributed by atoms with Gasteiger partial charge in [-0.3, -0.25) is 0 Å². The molecule has 64 valence electrons. The summed E-state index contributed by atoms with van der Waals surface area (Å²) >= 11 is 3.27. The van der Waals surface area contributed by atoms with Gasteiger partial charge in [0.05, 0.1) is 0 Å². The number of carbonyl (C=O) groups is 1. The van der Waals surface area contributed by atoms with Crippen LogP contribution in [0, 0.1) is 6.92 Å². The maximum absolute atomic E-state index is 10.4. The molecule has 1 amide bonds. The topological polar surface area (TPSA) is 52.3 Å². The minimum absolute atomic E-state index is 0.453. The Hall–Kier alpha value is -1.03. The minimum atomic E-state index is -0.799. The molecule has 0 atom stereocenters. The van der Waals surface area contributed by atoms with E-state index in [0.29, 0.717) is 5.75 Å². The second-order valence-electron chi connectivity index (χ2n) is 2.39. The molecule has 0 aliphatic carbocycles. The van der Waals surface area contributed by atoms with Crippen LogP contribution in [-0.4, -0.2) is 6.09 Å².